The Bertz CT molecular complexity index is 943. The molecule has 29 heavy (non-hydrogen) atoms. The van der Waals surface area contributed by atoms with E-state index in [0.717, 1.165) is 29.9 Å². The average Bonchev–Trinajstić information content (AvgIpc) is 3.26. The van der Waals surface area contributed by atoms with Crippen molar-refractivity contribution in [1.82, 2.24) is 10.3 Å². The summed E-state index contributed by atoms with van der Waals surface area (Å²) in [5.74, 6) is 0.785. The Kier molecular flexibility index (Phi) is 8.26. The van der Waals surface area contributed by atoms with Crippen molar-refractivity contribution in [3.8, 4) is 0 Å². The molecule has 154 valence electrons. The molecule has 7 heteroatoms. The van der Waals surface area contributed by atoms with Crippen molar-refractivity contribution in [3.05, 3.63) is 71.9 Å². The summed E-state index contributed by atoms with van der Waals surface area (Å²) in [6, 6.07) is 17.9. The van der Waals surface area contributed by atoms with Gasteiger partial charge in [-0.05, 0) is 47.4 Å². The van der Waals surface area contributed by atoms with Gasteiger partial charge in [0.1, 0.15) is 5.82 Å². The van der Waals surface area contributed by atoms with Crippen molar-refractivity contribution in [2.75, 3.05) is 24.5 Å². The summed E-state index contributed by atoms with van der Waals surface area (Å²) in [4.78, 5) is 19.4. The smallest absolute Gasteiger partial charge is 0.253 e. The third kappa shape index (κ3) is 5.18. The second-order valence-corrected chi connectivity index (χ2v) is 6.97. The Morgan fingerprint density at radius 3 is 2.41 bits per heavy atom. The normalized spacial score (nSPS) is 14.0. The van der Waals surface area contributed by atoms with Gasteiger partial charge in [-0.25, -0.2) is 4.98 Å². The summed E-state index contributed by atoms with van der Waals surface area (Å²) in [7, 11) is 0. The summed E-state index contributed by atoms with van der Waals surface area (Å²) in [5.41, 5.74) is 7.50. The van der Waals surface area contributed by atoms with Crippen LogP contribution >= 0.6 is 24.8 Å². The SMILES string of the molecule is Cl.Cl.NCC(NC(=O)c1ccc(N2CCCC2)nc1)c1ccc2ccccc2c1. The summed E-state index contributed by atoms with van der Waals surface area (Å²) in [6.45, 7) is 2.41. The molecule has 1 amide bonds. The first-order chi connectivity index (χ1) is 13.2. The van der Waals surface area contributed by atoms with E-state index in [1.165, 1.54) is 18.2 Å². The Balaban J connectivity index is 0.00000150. The van der Waals surface area contributed by atoms with E-state index >= 15 is 0 Å². The van der Waals surface area contributed by atoms with E-state index in [9.17, 15) is 4.79 Å². The molecule has 2 heterocycles. The maximum atomic E-state index is 12.7. The first-order valence-electron chi connectivity index (χ1n) is 9.45. The van der Waals surface area contributed by atoms with E-state index in [0.29, 0.717) is 12.1 Å². The lowest BCUT2D eigenvalue weighted by atomic mass is 10.0. The number of carbonyl (C=O) groups excluding carboxylic acids is 1. The third-order valence-corrected chi connectivity index (χ3v) is 5.16. The van der Waals surface area contributed by atoms with Gasteiger partial charge in [0.15, 0.2) is 0 Å². The molecule has 1 aromatic heterocycles. The molecule has 0 radical (unpaired) electrons. The zero-order valence-corrected chi connectivity index (χ0v) is 17.7. The first kappa shape index (κ1) is 22.9. The van der Waals surface area contributed by atoms with Crippen LogP contribution in [0.4, 0.5) is 5.82 Å². The van der Waals surface area contributed by atoms with Crippen molar-refractivity contribution in [2.24, 2.45) is 5.73 Å². The molecule has 1 aliphatic heterocycles. The van der Waals surface area contributed by atoms with Gasteiger partial charge in [0.05, 0.1) is 11.6 Å². The van der Waals surface area contributed by atoms with E-state index in [-0.39, 0.29) is 36.8 Å². The quantitative estimate of drug-likeness (QED) is 0.636. The van der Waals surface area contributed by atoms with Gasteiger partial charge in [-0.3, -0.25) is 4.79 Å². The molecule has 2 aromatic carbocycles. The van der Waals surface area contributed by atoms with E-state index in [4.69, 9.17) is 5.73 Å². The van der Waals surface area contributed by atoms with Gasteiger partial charge in [-0.15, -0.1) is 24.8 Å². The van der Waals surface area contributed by atoms with Crippen LogP contribution in [-0.4, -0.2) is 30.5 Å². The summed E-state index contributed by atoms with van der Waals surface area (Å²) in [5, 5.41) is 5.35. The monoisotopic (exact) mass is 432 g/mol. The van der Waals surface area contributed by atoms with Gasteiger partial charge >= 0.3 is 0 Å². The number of fused-ring (bicyclic) bond motifs is 1. The minimum atomic E-state index is -0.236. The zero-order valence-electron chi connectivity index (χ0n) is 16.1. The molecule has 5 nitrogen and oxygen atoms in total. The number of amides is 1. The van der Waals surface area contributed by atoms with Crippen LogP contribution in [0.2, 0.25) is 0 Å². The van der Waals surface area contributed by atoms with Crippen LogP contribution in [0.3, 0.4) is 0 Å². The number of benzene rings is 2. The van der Waals surface area contributed by atoms with Crippen molar-refractivity contribution >= 4 is 47.3 Å². The minimum Gasteiger partial charge on any atom is -0.357 e. The highest BCUT2D eigenvalue weighted by Crippen LogP contribution is 2.21. The van der Waals surface area contributed by atoms with Crippen molar-refractivity contribution in [2.45, 2.75) is 18.9 Å². The number of rotatable bonds is 5. The lowest BCUT2D eigenvalue weighted by Gasteiger charge is -2.19. The fourth-order valence-electron chi connectivity index (χ4n) is 3.60. The Labute approximate surface area is 183 Å². The van der Waals surface area contributed by atoms with Crippen LogP contribution in [0.25, 0.3) is 10.8 Å². The van der Waals surface area contributed by atoms with Crippen LogP contribution in [0.5, 0.6) is 0 Å². The highest BCUT2D eigenvalue weighted by molar-refractivity contribution is 5.94. The van der Waals surface area contributed by atoms with Crippen molar-refractivity contribution < 1.29 is 4.79 Å². The summed E-state index contributed by atoms with van der Waals surface area (Å²) in [6.07, 6.45) is 4.05. The number of nitrogens with one attached hydrogen (secondary N) is 1. The van der Waals surface area contributed by atoms with Gasteiger partial charge in [-0.2, -0.15) is 0 Å². The van der Waals surface area contributed by atoms with Crippen LogP contribution in [0.15, 0.2) is 60.8 Å². The molecule has 1 aliphatic rings. The average molecular weight is 433 g/mol. The maximum absolute atomic E-state index is 12.7. The van der Waals surface area contributed by atoms with Crippen LogP contribution in [0.1, 0.15) is 34.8 Å². The van der Waals surface area contributed by atoms with Crippen LogP contribution in [0, 0.1) is 0 Å². The van der Waals surface area contributed by atoms with E-state index in [1.807, 2.05) is 30.3 Å². The number of hydrogen-bond acceptors (Lipinski definition) is 4. The molecule has 3 N–H and O–H groups in total. The fourth-order valence-corrected chi connectivity index (χ4v) is 3.60. The highest BCUT2D eigenvalue weighted by atomic mass is 35.5. The van der Waals surface area contributed by atoms with Gasteiger partial charge < -0.3 is 16.0 Å². The summed E-state index contributed by atoms with van der Waals surface area (Å²) < 4.78 is 0. The maximum Gasteiger partial charge on any atom is 0.253 e. The molecule has 0 saturated carbocycles. The Hall–Kier alpha value is -2.34. The van der Waals surface area contributed by atoms with E-state index in [1.54, 1.807) is 6.20 Å². The van der Waals surface area contributed by atoms with Crippen LogP contribution < -0.4 is 16.0 Å². The third-order valence-electron chi connectivity index (χ3n) is 5.16. The Morgan fingerprint density at radius 2 is 1.76 bits per heavy atom. The fraction of sp³-hybridized carbons (Fsp3) is 0.273. The molecular weight excluding hydrogens is 407 g/mol. The zero-order chi connectivity index (χ0) is 18.6. The second kappa shape index (κ2) is 10.4. The molecule has 0 bridgehead atoms. The number of pyridine rings is 1. The van der Waals surface area contributed by atoms with Crippen molar-refractivity contribution in [3.63, 3.8) is 0 Å². The van der Waals surface area contributed by atoms with Gasteiger partial charge in [0, 0.05) is 25.8 Å². The predicted molar refractivity (Wildman–Crippen MR) is 123 cm³/mol. The predicted octanol–water partition coefficient (Wildman–Crippen LogP) is 4.11. The number of aromatic nitrogens is 1. The highest BCUT2D eigenvalue weighted by Gasteiger charge is 2.17. The van der Waals surface area contributed by atoms with Gasteiger partial charge in [-0.1, -0.05) is 36.4 Å². The lowest BCUT2D eigenvalue weighted by Crippen LogP contribution is -2.33. The van der Waals surface area contributed by atoms with Crippen LogP contribution in [-0.2, 0) is 0 Å². The van der Waals surface area contributed by atoms with Crippen molar-refractivity contribution in [1.29, 1.82) is 0 Å². The number of nitrogens with two attached hydrogens (primary N) is 1. The topological polar surface area (TPSA) is 71.2 Å². The minimum absolute atomic E-state index is 0. The molecule has 1 atom stereocenters. The van der Waals surface area contributed by atoms with E-state index in [2.05, 4.69) is 39.5 Å². The molecule has 0 spiro atoms. The van der Waals surface area contributed by atoms with Gasteiger partial charge in [0.2, 0.25) is 0 Å². The molecule has 1 unspecified atom stereocenters. The molecule has 4 rings (SSSR count). The number of nitrogens with zero attached hydrogens (tertiary/aromatic N) is 2. The van der Waals surface area contributed by atoms with E-state index < -0.39 is 0 Å². The number of carbonyl (C=O) groups is 1. The first-order valence-corrected chi connectivity index (χ1v) is 9.45. The molecular formula is C22H26Cl2N4O. The number of halogens is 2. The number of hydrogen-bond donors (Lipinski definition) is 2. The molecule has 1 fully saturated rings. The molecule has 3 aromatic rings. The standard InChI is InChI=1S/C22H24N4O.2ClH/c23-14-20(18-8-7-16-5-1-2-6-17(16)13-18)25-22(27)19-9-10-21(24-15-19)26-11-3-4-12-26;;/h1-2,5-10,13,15,20H,3-4,11-12,14,23H2,(H,25,27);2*1H. The molecule has 0 aliphatic carbocycles. The van der Waals surface area contributed by atoms with Gasteiger partial charge in [0.25, 0.3) is 5.91 Å². The second-order valence-electron chi connectivity index (χ2n) is 6.97. The lowest BCUT2D eigenvalue weighted by molar-refractivity contribution is 0.0937. The summed E-state index contributed by atoms with van der Waals surface area (Å²) >= 11 is 0. The molecule has 1 saturated heterocycles. The Morgan fingerprint density at radius 1 is 1.03 bits per heavy atom. The number of anilines is 1. The largest absolute Gasteiger partial charge is 0.357 e.